The lowest BCUT2D eigenvalue weighted by molar-refractivity contribution is 0.348. The van der Waals surface area contributed by atoms with Crippen LogP contribution in [0.2, 0.25) is 0 Å². The Morgan fingerprint density at radius 3 is 2.65 bits per heavy atom. The molecule has 0 fully saturated rings. The van der Waals surface area contributed by atoms with Gasteiger partial charge in [-0.25, -0.2) is 0 Å². The molecule has 1 aromatic carbocycles. The van der Waals surface area contributed by atoms with Gasteiger partial charge in [0.05, 0.1) is 0 Å². The Morgan fingerprint density at radius 2 is 2.00 bits per heavy atom. The molecule has 2 rings (SSSR count). The van der Waals surface area contributed by atoms with Crippen molar-refractivity contribution in [3.05, 3.63) is 35.7 Å². The van der Waals surface area contributed by atoms with Crippen molar-refractivity contribution in [1.82, 2.24) is 10.1 Å². The molecule has 17 heavy (non-hydrogen) atoms. The molecule has 1 aromatic heterocycles. The second-order valence-electron chi connectivity index (χ2n) is 4.99. The highest BCUT2D eigenvalue weighted by Gasteiger charge is 2.17. The van der Waals surface area contributed by atoms with Crippen LogP contribution in [-0.2, 0) is 6.42 Å². The molecular weight excluding hydrogens is 214 g/mol. The Kier molecular flexibility index (Phi) is 2.98. The van der Waals surface area contributed by atoms with Gasteiger partial charge >= 0.3 is 0 Å². The monoisotopic (exact) mass is 231 g/mol. The number of hydrogen-bond donors (Lipinski definition) is 1. The lowest BCUT2D eigenvalue weighted by Crippen LogP contribution is -2.34. The van der Waals surface area contributed by atoms with Crippen molar-refractivity contribution in [3.63, 3.8) is 0 Å². The van der Waals surface area contributed by atoms with E-state index in [9.17, 15) is 0 Å². The van der Waals surface area contributed by atoms with Crippen molar-refractivity contribution in [3.8, 4) is 11.4 Å². The lowest BCUT2D eigenvalue weighted by Gasteiger charge is -2.14. The first-order valence-electron chi connectivity index (χ1n) is 5.63. The molecule has 0 spiro atoms. The van der Waals surface area contributed by atoms with Crippen molar-refractivity contribution >= 4 is 0 Å². The molecule has 0 amide bonds. The second-order valence-corrected chi connectivity index (χ2v) is 4.99. The minimum absolute atomic E-state index is 0.338. The molecule has 4 heteroatoms. The van der Waals surface area contributed by atoms with Crippen LogP contribution in [0.5, 0.6) is 0 Å². The van der Waals surface area contributed by atoms with Gasteiger partial charge in [0.25, 0.3) is 0 Å². The van der Waals surface area contributed by atoms with Crippen LogP contribution >= 0.6 is 0 Å². The van der Waals surface area contributed by atoms with E-state index in [2.05, 4.69) is 10.1 Å². The predicted octanol–water partition coefficient (Wildman–Crippen LogP) is 2.32. The van der Waals surface area contributed by atoms with Gasteiger partial charge in [-0.2, -0.15) is 4.98 Å². The third-order valence-electron chi connectivity index (χ3n) is 2.46. The van der Waals surface area contributed by atoms with E-state index >= 15 is 0 Å². The molecule has 2 aromatic rings. The maximum Gasteiger partial charge on any atom is 0.228 e. The molecule has 4 nitrogen and oxygen atoms in total. The second kappa shape index (κ2) is 4.30. The summed E-state index contributed by atoms with van der Waals surface area (Å²) in [7, 11) is 0. The standard InChI is InChI=1S/C13H17N3O/c1-9-6-4-5-7-10(9)12-15-11(17-16-12)8-13(2,3)14/h4-7H,8,14H2,1-3H3. The highest BCUT2D eigenvalue weighted by atomic mass is 16.5. The van der Waals surface area contributed by atoms with Gasteiger partial charge in [-0.15, -0.1) is 0 Å². The van der Waals surface area contributed by atoms with Crippen LogP contribution in [0.3, 0.4) is 0 Å². The van der Waals surface area contributed by atoms with Gasteiger partial charge in [0.15, 0.2) is 0 Å². The number of aromatic nitrogens is 2. The maximum atomic E-state index is 5.92. The van der Waals surface area contributed by atoms with Crippen LogP contribution in [0.15, 0.2) is 28.8 Å². The molecule has 0 bridgehead atoms. The van der Waals surface area contributed by atoms with E-state index in [0.29, 0.717) is 18.1 Å². The predicted molar refractivity (Wildman–Crippen MR) is 66.4 cm³/mol. The summed E-state index contributed by atoms with van der Waals surface area (Å²) in [5.74, 6) is 1.21. The number of rotatable bonds is 3. The molecule has 0 aliphatic heterocycles. The Balaban J connectivity index is 2.28. The summed E-state index contributed by atoms with van der Waals surface area (Å²) in [4.78, 5) is 4.37. The van der Waals surface area contributed by atoms with Gasteiger partial charge in [-0.3, -0.25) is 0 Å². The van der Waals surface area contributed by atoms with Gasteiger partial charge in [-0.1, -0.05) is 29.4 Å². The van der Waals surface area contributed by atoms with Crippen molar-refractivity contribution < 1.29 is 4.52 Å². The molecule has 0 atom stereocenters. The summed E-state index contributed by atoms with van der Waals surface area (Å²) in [6.07, 6.45) is 0.575. The first-order valence-corrected chi connectivity index (χ1v) is 5.63. The minimum atomic E-state index is -0.338. The minimum Gasteiger partial charge on any atom is -0.339 e. The van der Waals surface area contributed by atoms with Crippen LogP contribution in [0.1, 0.15) is 25.3 Å². The fraction of sp³-hybridized carbons (Fsp3) is 0.385. The van der Waals surface area contributed by atoms with E-state index in [4.69, 9.17) is 10.3 Å². The SMILES string of the molecule is Cc1ccccc1-c1noc(CC(C)(C)N)n1. The highest BCUT2D eigenvalue weighted by molar-refractivity contribution is 5.58. The summed E-state index contributed by atoms with van der Waals surface area (Å²) >= 11 is 0. The Morgan fingerprint density at radius 1 is 1.29 bits per heavy atom. The van der Waals surface area contributed by atoms with Crippen molar-refractivity contribution in [1.29, 1.82) is 0 Å². The first kappa shape index (κ1) is 11.8. The molecule has 90 valence electrons. The Bertz CT molecular complexity index is 511. The van der Waals surface area contributed by atoms with Gasteiger partial charge in [-0.05, 0) is 26.3 Å². The summed E-state index contributed by atoms with van der Waals surface area (Å²) in [5.41, 5.74) is 7.71. The molecule has 0 saturated carbocycles. The average molecular weight is 231 g/mol. The molecule has 2 N–H and O–H groups in total. The van der Waals surface area contributed by atoms with E-state index < -0.39 is 0 Å². The maximum absolute atomic E-state index is 5.92. The summed E-state index contributed by atoms with van der Waals surface area (Å²) in [6.45, 7) is 5.90. The number of aryl methyl sites for hydroxylation is 1. The molecule has 1 heterocycles. The first-order chi connectivity index (χ1) is 7.96. The van der Waals surface area contributed by atoms with Crippen LogP contribution in [0, 0.1) is 6.92 Å². The normalized spacial score (nSPS) is 11.8. The van der Waals surface area contributed by atoms with Crippen molar-refractivity contribution in [2.24, 2.45) is 5.73 Å². The zero-order valence-corrected chi connectivity index (χ0v) is 10.4. The van der Waals surface area contributed by atoms with Gasteiger partial charge < -0.3 is 10.3 Å². The van der Waals surface area contributed by atoms with Crippen LogP contribution < -0.4 is 5.73 Å². The van der Waals surface area contributed by atoms with Gasteiger partial charge in [0.2, 0.25) is 11.7 Å². The molecule has 0 saturated heterocycles. The Labute approximate surface area is 101 Å². The highest BCUT2D eigenvalue weighted by Crippen LogP contribution is 2.20. The number of nitrogens with two attached hydrogens (primary N) is 1. The average Bonchev–Trinajstić information content (AvgIpc) is 2.64. The summed E-state index contributed by atoms with van der Waals surface area (Å²) < 4.78 is 5.21. The zero-order valence-electron chi connectivity index (χ0n) is 10.4. The molecular formula is C13H17N3O. The lowest BCUT2D eigenvalue weighted by atomic mass is 10.0. The summed E-state index contributed by atoms with van der Waals surface area (Å²) in [6, 6.07) is 7.96. The molecule has 0 unspecified atom stereocenters. The van der Waals surface area contributed by atoms with Crippen molar-refractivity contribution in [2.75, 3.05) is 0 Å². The molecule has 0 radical (unpaired) electrons. The smallest absolute Gasteiger partial charge is 0.228 e. The van der Waals surface area contributed by atoms with Gasteiger partial charge in [0, 0.05) is 17.5 Å². The van der Waals surface area contributed by atoms with E-state index in [1.54, 1.807) is 0 Å². The van der Waals surface area contributed by atoms with E-state index in [1.807, 2.05) is 45.0 Å². The van der Waals surface area contributed by atoms with Crippen LogP contribution in [-0.4, -0.2) is 15.7 Å². The van der Waals surface area contributed by atoms with Gasteiger partial charge in [0.1, 0.15) is 0 Å². The quantitative estimate of drug-likeness (QED) is 0.880. The molecule has 0 aliphatic rings. The number of nitrogens with zero attached hydrogens (tertiary/aromatic N) is 2. The third kappa shape index (κ3) is 2.91. The van der Waals surface area contributed by atoms with Crippen molar-refractivity contribution in [2.45, 2.75) is 32.7 Å². The fourth-order valence-corrected chi connectivity index (χ4v) is 1.65. The largest absolute Gasteiger partial charge is 0.339 e. The van der Waals surface area contributed by atoms with Crippen LogP contribution in [0.4, 0.5) is 0 Å². The fourth-order valence-electron chi connectivity index (χ4n) is 1.65. The van der Waals surface area contributed by atoms with E-state index in [0.717, 1.165) is 11.1 Å². The third-order valence-corrected chi connectivity index (χ3v) is 2.46. The zero-order chi connectivity index (χ0) is 12.5. The molecule has 0 aliphatic carbocycles. The van der Waals surface area contributed by atoms with E-state index in [1.165, 1.54) is 0 Å². The van der Waals surface area contributed by atoms with E-state index in [-0.39, 0.29) is 5.54 Å². The summed E-state index contributed by atoms with van der Waals surface area (Å²) in [5, 5.41) is 3.99. The van der Waals surface area contributed by atoms with Crippen LogP contribution in [0.25, 0.3) is 11.4 Å². The number of benzene rings is 1. The Hall–Kier alpha value is -1.68. The topological polar surface area (TPSA) is 64.9 Å². The number of hydrogen-bond acceptors (Lipinski definition) is 4.